The van der Waals surface area contributed by atoms with Crippen LogP contribution in [0.5, 0.6) is 0 Å². The first-order chi connectivity index (χ1) is 18.6. The average Bonchev–Trinajstić information content (AvgIpc) is 3.64. The van der Waals surface area contributed by atoms with Crippen molar-refractivity contribution in [3.8, 4) is 22.6 Å². The minimum absolute atomic E-state index is 0.160. The highest BCUT2D eigenvalue weighted by molar-refractivity contribution is 7.85. The number of hydrogen-bond acceptors (Lipinski definition) is 6. The first-order valence-corrected chi connectivity index (χ1v) is 15.0. The Hall–Kier alpha value is -3.53. The van der Waals surface area contributed by atoms with Crippen molar-refractivity contribution in [2.24, 2.45) is 0 Å². The van der Waals surface area contributed by atoms with Crippen LogP contribution in [0, 0.1) is 0 Å². The Morgan fingerprint density at radius 1 is 0.921 bits per heavy atom. The van der Waals surface area contributed by atoms with Crippen molar-refractivity contribution in [3.63, 3.8) is 0 Å². The molecule has 196 valence electrons. The van der Waals surface area contributed by atoms with Gasteiger partial charge in [-0.25, -0.2) is 9.19 Å². The molecule has 1 aromatic heterocycles. The molecule has 3 aromatic carbocycles. The van der Waals surface area contributed by atoms with Crippen LogP contribution in [0.25, 0.3) is 28.3 Å². The fraction of sp³-hybridized carbons (Fsp3) is 0.207. The lowest BCUT2D eigenvalue weighted by Crippen LogP contribution is -2.24. The average molecular weight is 547 g/mol. The Kier molecular flexibility index (Phi) is 8.17. The molecule has 1 aliphatic rings. The monoisotopic (exact) mass is 546 g/mol. The van der Waals surface area contributed by atoms with Crippen molar-refractivity contribution in [2.45, 2.75) is 36.2 Å². The van der Waals surface area contributed by atoms with E-state index < -0.39 is 21.9 Å². The Balaban J connectivity index is 1.37. The second kappa shape index (κ2) is 11.9. The zero-order valence-corrected chi connectivity index (χ0v) is 22.9. The van der Waals surface area contributed by atoms with Crippen molar-refractivity contribution >= 4 is 27.6 Å². The minimum atomic E-state index is -1.56. The standard InChI is InChI=1S/C29H30N4O3S2/c1-3-16-37(34)26-14-7-5-12-22(26)28-30-18-24(32-28)20-10-9-11-21(17-20)25-19-31-29(33-25)23-13-6-8-15-27(23)38(35)36-4-2/h5-15,17-19,28,30,32H,3-4,16H2,1-2H3,(H,31,33). The van der Waals surface area contributed by atoms with Crippen molar-refractivity contribution in [2.75, 3.05) is 12.4 Å². The van der Waals surface area contributed by atoms with Crippen LogP contribution in [-0.4, -0.2) is 30.7 Å². The normalized spacial score (nSPS) is 16.4. The molecule has 1 aliphatic heterocycles. The second-order valence-corrected chi connectivity index (χ2v) is 11.4. The molecule has 0 fully saturated rings. The third-order valence-corrected chi connectivity index (χ3v) is 8.97. The van der Waals surface area contributed by atoms with E-state index in [-0.39, 0.29) is 6.17 Å². The summed E-state index contributed by atoms with van der Waals surface area (Å²) in [4.78, 5) is 9.39. The molecule has 7 nitrogen and oxygen atoms in total. The van der Waals surface area contributed by atoms with Crippen LogP contribution >= 0.6 is 0 Å². The lowest BCUT2D eigenvalue weighted by atomic mass is 10.1. The van der Waals surface area contributed by atoms with Crippen molar-refractivity contribution in [3.05, 3.63) is 96.3 Å². The molecule has 3 N–H and O–H groups in total. The molecule has 0 radical (unpaired) electrons. The first kappa shape index (κ1) is 26.1. The summed E-state index contributed by atoms with van der Waals surface area (Å²) in [6, 6.07) is 23.4. The van der Waals surface area contributed by atoms with Crippen LogP contribution < -0.4 is 10.6 Å². The van der Waals surface area contributed by atoms with Gasteiger partial charge in [-0.3, -0.25) is 8.39 Å². The van der Waals surface area contributed by atoms with E-state index in [0.717, 1.165) is 45.0 Å². The van der Waals surface area contributed by atoms with Crippen LogP contribution in [0.2, 0.25) is 0 Å². The number of aromatic nitrogens is 2. The number of benzene rings is 3. The Labute approximate surface area is 227 Å². The summed E-state index contributed by atoms with van der Waals surface area (Å²) in [5.41, 5.74) is 5.52. The van der Waals surface area contributed by atoms with E-state index in [1.54, 1.807) is 12.3 Å². The maximum atomic E-state index is 12.8. The molecule has 4 aromatic rings. The molecule has 0 aliphatic carbocycles. The topological polar surface area (TPSA) is 96.1 Å². The van der Waals surface area contributed by atoms with Crippen molar-refractivity contribution < 1.29 is 12.6 Å². The van der Waals surface area contributed by atoms with Gasteiger partial charge in [0.2, 0.25) is 0 Å². The zero-order chi connectivity index (χ0) is 26.5. The van der Waals surface area contributed by atoms with Gasteiger partial charge in [-0.2, -0.15) is 0 Å². The fourth-order valence-electron chi connectivity index (χ4n) is 4.40. The van der Waals surface area contributed by atoms with Crippen molar-refractivity contribution in [1.82, 2.24) is 20.6 Å². The fourth-order valence-corrected chi connectivity index (χ4v) is 6.54. The number of hydrogen-bond donors (Lipinski definition) is 3. The highest BCUT2D eigenvalue weighted by Gasteiger charge is 2.23. The van der Waals surface area contributed by atoms with Gasteiger partial charge in [0.25, 0.3) is 0 Å². The molecule has 0 saturated carbocycles. The Bertz CT molecular complexity index is 1510. The molecule has 2 heterocycles. The van der Waals surface area contributed by atoms with E-state index in [1.165, 1.54) is 0 Å². The van der Waals surface area contributed by atoms with Gasteiger partial charge < -0.3 is 15.6 Å². The smallest absolute Gasteiger partial charge is 0.189 e. The third kappa shape index (κ3) is 5.50. The number of imidazole rings is 1. The molecule has 3 unspecified atom stereocenters. The molecule has 0 spiro atoms. The third-order valence-electron chi connectivity index (χ3n) is 6.17. The van der Waals surface area contributed by atoms with Gasteiger partial charge in [0, 0.05) is 33.5 Å². The maximum absolute atomic E-state index is 12.8. The van der Waals surface area contributed by atoms with E-state index in [2.05, 4.69) is 26.7 Å². The van der Waals surface area contributed by atoms with Gasteiger partial charge in [-0.15, -0.1) is 0 Å². The van der Waals surface area contributed by atoms with Gasteiger partial charge in [0.1, 0.15) is 12.0 Å². The molecule has 38 heavy (non-hydrogen) atoms. The Morgan fingerprint density at radius 2 is 1.68 bits per heavy atom. The van der Waals surface area contributed by atoms with Crippen molar-refractivity contribution in [1.29, 1.82) is 0 Å². The quantitative estimate of drug-likeness (QED) is 0.243. The van der Waals surface area contributed by atoms with Gasteiger partial charge in [-0.05, 0) is 43.2 Å². The van der Waals surface area contributed by atoms with Gasteiger partial charge in [0.05, 0.1) is 39.9 Å². The molecular weight excluding hydrogens is 516 g/mol. The molecule has 5 rings (SSSR count). The summed E-state index contributed by atoms with van der Waals surface area (Å²) < 4.78 is 30.6. The van der Waals surface area contributed by atoms with E-state index in [1.807, 2.05) is 80.7 Å². The molecule has 0 amide bonds. The van der Waals surface area contributed by atoms with Gasteiger partial charge in [0.15, 0.2) is 11.1 Å². The number of H-pyrrole nitrogens is 1. The van der Waals surface area contributed by atoms with Crippen LogP contribution in [0.4, 0.5) is 0 Å². The van der Waals surface area contributed by atoms with E-state index in [4.69, 9.17) is 4.18 Å². The van der Waals surface area contributed by atoms with Gasteiger partial charge in [-0.1, -0.05) is 55.5 Å². The largest absolute Gasteiger partial charge is 0.366 e. The summed E-state index contributed by atoms with van der Waals surface area (Å²) in [5, 5.41) is 6.95. The predicted octanol–water partition coefficient (Wildman–Crippen LogP) is 5.51. The molecule has 0 saturated heterocycles. The van der Waals surface area contributed by atoms with E-state index in [0.29, 0.717) is 23.1 Å². The lowest BCUT2D eigenvalue weighted by Gasteiger charge is -2.18. The maximum Gasteiger partial charge on any atom is 0.189 e. The number of aromatic amines is 1. The molecular formula is C29H30N4O3S2. The van der Waals surface area contributed by atoms with E-state index in [9.17, 15) is 8.42 Å². The molecule has 3 atom stereocenters. The summed E-state index contributed by atoms with van der Waals surface area (Å²) in [5.74, 6) is 1.27. The van der Waals surface area contributed by atoms with Crippen LogP contribution in [0.15, 0.2) is 95.0 Å². The zero-order valence-electron chi connectivity index (χ0n) is 21.3. The number of nitrogens with one attached hydrogen (secondary N) is 3. The Morgan fingerprint density at radius 3 is 2.50 bits per heavy atom. The predicted molar refractivity (Wildman–Crippen MR) is 152 cm³/mol. The van der Waals surface area contributed by atoms with E-state index >= 15 is 0 Å². The summed E-state index contributed by atoms with van der Waals surface area (Å²) in [6.45, 7) is 4.22. The summed E-state index contributed by atoms with van der Waals surface area (Å²) in [7, 11) is -1.04. The van der Waals surface area contributed by atoms with Crippen LogP contribution in [-0.2, 0) is 26.1 Å². The minimum Gasteiger partial charge on any atom is -0.366 e. The molecule has 0 bridgehead atoms. The molecule has 9 heteroatoms. The summed E-state index contributed by atoms with van der Waals surface area (Å²) in [6.07, 6.45) is 4.45. The lowest BCUT2D eigenvalue weighted by molar-refractivity contribution is 0.372. The number of rotatable bonds is 10. The SMILES string of the molecule is CCCS(=O)c1ccccc1C1NC=C(c2cccc(-c3cnc(-c4ccccc4S(=O)OCC)[nH]3)c2)N1. The van der Waals surface area contributed by atoms with Crippen LogP contribution in [0.3, 0.4) is 0 Å². The van der Waals surface area contributed by atoms with Crippen LogP contribution in [0.1, 0.15) is 37.6 Å². The first-order valence-electron chi connectivity index (χ1n) is 12.6. The second-order valence-electron chi connectivity index (χ2n) is 8.75. The van der Waals surface area contributed by atoms with Gasteiger partial charge >= 0.3 is 0 Å². The number of nitrogens with zero attached hydrogens (tertiary/aromatic N) is 1. The summed E-state index contributed by atoms with van der Waals surface area (Å²) >= 11 is -1.56. The highest BCUT2D eigenvalue weighted by Crippen LogP contribution is 2.30. The highest BCUT2D eigenvalue weighted by atomic mass is 32.2.